The molecule has 0 aromatic carbocycles. The fraction of sp³-hybridized carbons (Fsp3) is 0.938. The zero-order valence-electron chi connectivity index (χ0n) is 13.2. The van der Waals surface area contributed by atoms with Crippen molar-refractivity contribution in [2.75, 3.05) is 65.4 Å². The molecule has 0 aliphatic carbocycles. The number of carbonyl (C=O) groups is 1. The fourth-order valence-corrected chi connectivity index (χ4v) is 3.86. The first-order valence-electron chi connectivity index (χ1n) is 8.74. The number of nitrogens with zero attached hydrogens (tertiary/aromatic N) is 3. The van der Waals surface area contributed by atoms with Gasteiger partial charge < -0.3 is 15.1 Å². The van der Waals surface area contributed by atoms with Crippen LogP contribution in [0.2, 0.25) is 0 Å². The lowest BCUT2D eigenvalue weighted by molar-refractivity contribution is -0.133. The second-order valence-corrected chi connectivity index (χ2v) is 6.86. The first-order valence-corrected chi connectivity index (χ1v) is 8.74. The first kappa shape index (κ1) is 15.3. The smallest absolute Gasteiger partial charge is 0.236 e. The molecule has 21 heavy (non-hydrogen) atoms. The molecule has 3 saturated heterocycles. The van der Waals surface area contributed by atoms with Gasteiger partial charge in [0, 0.05) is 32.7 Å². The topological polar surface area (TPSA) is 38.8 Å². The average Bonchev–Trinajstić information content (AvgIpc) is 3.03. The van der Waals surface area contributed by atoms with Crippen LogP contribution in [0.15, 0.2) is 0 Å². The van der Waals surface area contributed by atoms with Gasteiger partial charge in [0.25, 0.3) is 0 Å². The molecule has 3 aliphatic rings. The molecular formula is C16H30N4O. The number of carbonyl (C=O) groups excluding carboxylic acids is 1. The zero-order chi connectivity index (χ0) is 14.5. The highest BCUT2D eigenvalue weighted by Crippen LogP contribution is 2.20. The molecule has 0 bridgehead atoms. The molecule has 0 radical (unpaired) electrons. The monoisotopic (exact) mass is 294 g/mol. The number of rotatable bonds is 4. The Bertz CT molecular complexity index is 329. The van der Waals surface area contributed by atoms with Crippen molar-refractivity contribution < 1.29 is 4.79 Å². The third kappa shape index (κ3) is 4.41. The Morgan fingerprint density at radius 1 is 0.905 bits per heavy atom. The highest BCUT2D eigenvalue weighted by atomic mass is 16.2. The van der Waals surface area contributed by atoms with Gasteiger partial charge in [0.1, 0.15) is 0 Å². The van der Waals surface area contributed by atoms with Gasteiger partial charge in [-0.3, -0.25) is 9.69 Å². The van der Waals surface area contributed by atoms with Gasteiger partial charge in [0.15, 0.2) is 0 Å². The van der Waals surface area contributed by atoms with Gasteiger partial charge in [-0.1, -0.05) is 0 Å². The average molecular weight is 294 g/mol. The molecule has 5 nitrogen and oxygen atoms in total. The van der Waals surface area contributed by atoms with E-state index in [0.717, 1.165) is 45.2 Å². The van der Waals surface area contributed by atoms with Crippen molar-refractivity contribution >= 4 is 5.91 Å². The van der Waals surface area contributed by atoms with Crippen molar-refractivity contribution in [3.05, 3.63) is 0 Å². The molecule has 3 aliphatic heterocycles. The zero-order valence-corrected chi connectivity index (χ0v) is 13.2. The summed E-state index contributed by atoms with van der Waals surface area (Å²) in [5.74, 6) is 1.18. The molecule has 3 rings (SSSR count). The van der Waals surface area contributed by atoms with E-state index in [1.807, 2.05) is 4.90 Å². The van der Waals surface area contributed by atoms with Crippen LogP contribution in [0.5, 0.6) is 0 Å². The van der Waals surface area contributed by atoms with Crippen molar-refractivity contribution in [2.24, 2.45) is 5.92 Å². The van der Waals surface area contributed by atoms with Gasteiger partial charge in [0.2, 0.25) is 5.91 Å². The van der Waals surface area contributed by atoms with Gasteiger partial charge in [-0.25, -0.2) is 0 Å². The van der Waals surface area contributed by atoms with Crippen LogP contribution in [-0.4, -0.2) is 86.1 Å². The lowest BCUT2D eigenvalue weighted by Crippen LogP contribution is -2.50. The van der Waals surface area contributed by atoms with Gasteiger partial charge in [0.05, 0.1) is 6.54 Å². The number of likely N-dealkylation sites (tertiary alicyclic amines) is 2. The van der Waals surface area contributed by atoms with E-state index >= 15 is 0 Å². The summed E-state index contributed by atoms with van der Waals surface area (Å²) in [5.41, 5.74) is 0. The second-order valence-electron chi connectivity index (χ2n) is 6.86. The lowest BCUT2D eigenvalue weighted by atomic mass is 9.96. The fourth-order valence-electron chi connectivity index (χ4n) is 3.86. The van der Waals surface area contributed by atoms with Gasteiger partial charge in [-0.15, -0.1) is 0 Å². The van der Waals surface area contributed by atoms with Crippen LogP contribution < -0.4 is 5.32 Å². The van der Waals surface area contributed by atoms with E-state index in [0.29, 0.717) is 12.5 Å². The van der Waals surface area contributed by atoms with Crippen molar-refractivity contribution in [3.8, 4) is 0 Å². The van der Waals surface area contributed by atoms with Gasteiger partial charge in [-0.05, 0) is 57.8 Å². The van der Waals surface area contributed by atoms with Gasteiger partial charge in [-0.2, -0.15) is 0 Å². The van der Waals surface area contributed by atoms with E-state index in [2.05, 4.69) is 15.1 Å². The van der Waals surface area contributed by atoms with Crippen LogP contribution in [0.3, 0.4) is 0 Å². The largest absolute Gasteiger partial charge is 0.339 e. The van der Waals surface area contributed by atoms with Crippen LogP contribution in [0.1, 0.15) is 25.7 Å². The molecule has 0 atom stereocenters. The minimum atomic E-state index is 0.328. The van der Waals surface area contributed by atoms with E-state index < -0.39 is 0 Å². The quantitative estimate of drug-likeness (QED) is 0.805. The Labute approximate surface area is 128 Å². The summed E-state index contributed by atoms with van der Waals surface area (Å²) in [6.45, 7) is 10.4. The summed E-state index contributed by atoms with van der Waals surface area (Å²) < 4.78 is 0. The summed E-state index contributed by atoms with van der Waals surface area (Å²) >= 11 is 0. The number of piperazine rings is 1. The molecule has 1 N–H and O–H groups in total. The Hall–Kier alpha value is -0.650. The number of nitrogens with one attached hydrogen (secondary N) is 1. The number of piperidine rings is 1. The molecule has 0 aromatic heterocycles. The minimum absolute atomic E-state index is 0.328. The number of amides is 1. The van der Waals surface area contributed by atoms with Crippen LogP contribution in [0.25, 0.3) is 0 Å². The molecule has 1 amide bonds. The maximum absolute atomic E-state index is 12.3. The summed E-state index contributed by atoms with van der Waals surface area (Å²) in [5, 5.41) is 3.30. The van der Waals surface area contributed by atoms with Crippen molar-refractivity contribution in [3.63, 3.8) is 0 Å². The third-order valence-electron chi connectivity index (χ3n) is 5.25. The van der Waals surface area contributed by atoms with Crippen molar-refractivity contribution in [1.29, 1.82) is 0 Å². The summed E-state index contributed by atoms with van der Waals surface area (Å²) in [7, 11) is 0. The highest BCUT2D eigenvalue weighted by molar-refractivity contribution is 5.78. The maximum atomic E-state index is 12.3. The maximum Gasteiger partial charge on any atom is 0.236 e. The molecular weight excluding hydrogens is 264 g/mol. The molecule has 0 saturated carbocycles. The minimum Gasteiger partial charge on any atom is -0.339 e. The number of hydrogen-bond donors (Lipinski definition) is 1. The van der Waals surface area contributed by atoms with E-state index in [4.69, 9.17) is 0 Å². The SMILES string of the molecule is O=C(CN1CCC(CN2CCCC2)CC1)N1CCNCC1. The normalized spacial score (nSPS) is 26.4. The van der Waals surface area contributed by atoms with Crippen LogP contribution >= 0.6 is 0 Å². The summed E-state index contributed by atoms with van der Waals surface area (Å²) in [4.78, 5) is 19.3. The van der Waals surface area contributed by atoms with Gasteiger partial charge >= 0.3 is 0 Å². The Morgan fingerprint density at radius 3 is 2.24 bits per heavy atom. The van der Waals surface area contributed by atoms with Crippen LogP contribution in [0.4, 0.5) is 0 Å². The first-order chi connectivity index (χ1) is 10.3. The Morgan fingerprint density at radius 2 is 1.57 bits per heavy atom. The van der Waals surface area contributed by atoms with E-state index in [1.54, 1.807) is 0 Å². The molecule has 3 fully saturated rings. The summed E-state index contributed by atoms with van der Waals surface area (Å²) in [6, 6.07) is 0. The number of hydrogen-bond acceptors (Lipinski definition) is 4. The molecule has 5 heteroatoms. The Kier molecular flexibility index (Phi) is 5.49. The van der Waals surface area contributed by atoms with E-state index in [-0.39, 0.29) is 0 Å². The second kappa shape index (κ2) is 7.56. The van der Waals surface area contributed by atoms with Crippen molar-refractivity contribution in [2.45, 2.75) is 25.7 Å². The molecule has 0 aromatic rings. The molecule has 3 heterocycles. The van der Waals surface area contributed by atoms with Crippen LogP contribution in [-0.2, 0) is 4.79 Å². The predicted molar refractivity (Wildman–Crippen MR) is 84.3 cm³/mol. The van der Waals surface area contributed by atoms with Crippen LogP contribution in [0, 0.1) is 5.92 Å². The van der Waals surface area contributed by atoms with E-state index in [1.165, 1.54) is 45.3 Å². The third-order valence-corrected chi connectivity index (χ3v) is 5.25. The molecule has 0 unspecified atom stereocenters. The van der Waals surface area contributed by atoms with Crippen molar-refractivity contribution in [1.82, 2.24) is 20.0 Å². The molecule has 0 spiro atoms. The standard InChI is InChI=1S/C16H30N4O/c21-16(20-11-5-17-6-12-20)14-19-9-3-15(4-10-19)13-18-7-1-2-8-18/h15,17H,1-14H2. The highest BCUT2D eigenvalue weighted by Gasteiger charge is 2.25. The predicted octanol–water partition coefficient (Wildman–Crippen LogP) is 0.226. The summed E-state index contributed by atoms with van der Waals surface area (Å²) in [6.07, 6.45) is 5.31. The molecule has 120 valence electrons. The lowest BCUT2D eigenvalue weighted by Gasteiger charge is -2.35. The Balaban J connectivity index is 1.35. The van der Waals surface area contributed by atoms with E-state index in [9.17, 15) is 4.79 Å².